The van der Waals surface area contributed by atoms with Crippen LogP contribution in [0.15, 0.2) is 30.3 Å². The van der Waals surface area contributed by atoms with E-state index in [1.165, 1.54) is 5.69 Å². The lowest BCUT2D eigenvalue weighted by Gasteiger charge is -2.38. The summed E-state index contributed by atoms with van der Waals surface area (Å²) in [5.74, 6) is 3.88. The van der Waals surface area contributed by atoms with Gasteiger partial charge in [0.15, 0.2) is 0 Å². The van der Waals surface area contributed by atoms with E-state index in [1.807, 2.05) is 19.1 Å². The SMILES string of the molecule is COc1ccccc1N1CCN(c2cc(N3CCN(C)CC3)nc(C)n2)CC1. The van der Waals surface area contributed by atoms with Crippen LogP contribution in [-0.4, -0.2) is 81.4 Å². The smallest absolute Gasteiger partial charge is 0.142 e. The Morgan fingerprint density at radius 3 is 1.93 bits per heavy atom. The minimum atomic E-state index is 0.846. The molecule has 0 radical (unpaired) electrons. The number of piperazine rings is 2. The zero-order valence-corrected chi connectivity index (χ0v) is 17.1. The van der Waals surface area contributed by atoms with E-state index in [9.17, 15) is 0 Å². The summed E-state index contributed by atoms with van der Waals surface area (Å²) < 4.78 is 5.53. The van der Waals surface area contributed by atoms with Crippen molar-refractivity contribution >= 4 is 17.3 Å². The first-order valence-corrected chi connectivity index (χ1v) is 10.1. The number of hydrogen-bond donors (Lipinski definition) is 0. The molecule has 0 N–H and O–H groups in total. The summed E-state index contributed by atoms with van der Waals surface area (Å²) in [5, 5.41) is 0. The number of likely N-dealkylation sites (N-methyl/N-ethyl adjacent to an activating group) is 1. The second-order valence-corrected chi connectivity index (χ2v) is 7.57. The third-order valence-corrected chi connectivity index (χ3v) is 5.67. The van der Waals surface area contributed by atoms with Crippen LogP contribution in [0.5, 0.6) is 5.75 Å². The van der Waals surface area contributed by atoms with E-state index in [2.05, 4.69) is 44.8 Å². The Bertz CT molecular complexity index is 797. The molecule has 2 fully saturated rings. The quantitative estimate of drug-likeness (QED) is 0.800. The van der Waals surface area contributed by atoms with Crippen molar-refractivity contribution in [3.8, 4) is 5.75 Å². The van der Waals surface area contributed by atoms with E-state index in [1.54, 1.807) is 7.11 Å². The lowest BCUT2D eigenvalue weighted by molar-refractivity contribution is 0.312. The molecule has 0 spiro atoms. The molecule has 3 heterocycles. The number of para-hydroxylation sites is 2. The predicted octanol–water partition coefficient (Wildman–Crippen LogP) is 1.87. The van der Waals surface area contributed by atoms with Gasteiger partial charge in [0.05, 0.1) is 12.8 Å². The van der Waals surface area contributed by atoms with Crippen LogP contribution in [0.1, 0.15) is 5.82 Å². The number of aryl methyl sites for hydroxylation is 1. The lowest BCUT2D eigenvalue weighted by atomic mass is 10.2. The van der Waals surface area contributed by atoms with Crippen molar-refractivity contribution in [1.29, 1.82) is 0 Å². The van der Waals surface area contributed by atoms with Crippen molar-refractivity contribution < 1.29 is 4.74 Å². The zero-order chi connectivity index (χ0) is 19.5. The maximum Gasteiger partial charge on any atom is 0.142 e. The van der Waals surface area contributed by atoms with Gasteiger partial charge in [-0.2, -0.15) is 0 Å². The van der Waals surface area contributed by atoms with Crippen LogP contribution < -0.4 is 19.4 Å². The first-order valence-electron chi connectivity index (χ1n) is 10.1. The fourth-order valence-corrected chi connectivity index (χ4v) is 3.96. The van der Waals surface area contributed by atoms with Gasteiger partial charge in [0.2, 0.25) is 0 Å². The summed E-state index contributed by atoms with van der Waals surface area (Å²) in [4.78, 5) is 18.9. The van der Waals surface area contributed by atoms with Crippen molar-refractivity contribution in [3.05, 3.63) is 36.2 Å². The number of anilines is 3. The van der Waals surface area contributed by atoms with Gasteiger partial charge >= 0.3 is 0 Å². The maximum absolute atomic E-state index is 5.53. The van der Waals surface area contributed by atoms with Crippen molar-refractivity contribution in [2.75, 3.05) is 81.2 Å². The minimum Gasteiger partial charge on any atom is -0.495 e. The molecular formula is C21H30N6O. The average Bonchev–Trinajstić information content (AvgIpc) is 2.74. The number of hydrogen-bond acceptors (Lipinski definition) is 7. The first-order chi connectivity index (χ1) is 13.6. The highest BCUT2D eigenvalue weighted by molar-refractivity contribution is 5.60. The molecular weight excluding hydrogens is 352 g/mol. The van der Waals surface area contributed by atoms with Gasteiger partial charge in [-0.1, -0.05) is 12.1 Å². The molecule has 2 aromatic rings. The van der Waals surface area contributed by atoms with Crippen molar-refractivity contribution in [1.82, 2.24) is 14.9 Å². The monoisotopic (exact) mass is 382 g/mol. The minimum absolute atomic E-state index is 0.846. The van der Waals surface area contributed by atoms with Crippen LogP contribution in [0, 0.1) is 6.92 Å². The van der Waals surface area contributed by atoms with Crippen LogP contribution in [-0.2, 0) is 0 Å². The third kappa shape index (κ3) is 3.99. The van der Waals surface area contributed by atoms with Gasteiger partial charge in [-0.3, -0.25) is 0 Å². The summed E-state index contributed by atoms with van der Waals surface area (Å²) in [6, 6.07) is 10.4. The molecule has 0 amide bonds. The Hall–Kier alpha value is -2.54. The normalized spacial score (nSPS) is 18.5. The molecule has 1 aromatic carbocycles. The molecule has 150 valence electrons. The predicted molar refractivity (Wildman–Crippen MR) is 114 cm³/mol. The van der Waals surface area contributed by atoms with Crippen LogP contribution in [0.2, 0.25) is 0 Å². The highest BCUT2D eigenvalue weighted by Gasteiger charge is 2.22. The van der Waals surface area contributed by atoms with Crippen LogP contribution in [0.25, 0.3) is 0 Å². The van der Waals surface area contributed by atoms with E-state index < -0.39 is 0 Å². The fraction of sp³-hybridized carbons (Fsp3) is 0.524. The molecule has 2 aliphatic rings. The van der Waals surface area contributed by atoms with E-state index in [0.717, 1.165) is 75.6 Å². The number of methoxy groups -OCH3 is 1. The highest BCUT2D eigenvalue weighted by Crippen LogP contribution is 2.29. The summed E-state index contributed by atoms with van der Waals surface area (Å²) in [6.07, 6.45) is 0. The summed E-state index contributed by atoms with van der Waals surface area (Å²) >= 11 is 0. The Kier molecular flexibility index (Phi) is 5.52. The summed E-state index contributed by atoms with van der Waals surface area (Å²) in [6.45, 7) is 9.98. The van der Waals surface area contributed by atoms with Crippen molar-refractivity contribution in [3.63, 3.8) is 0 Å². The molecule has 0 aliphatic carbocycles. The molecule has 1 aromatic heterocycles. The van der Waals surface area contributed by atoms with E-state index in [-0.39, 0.29) is 0 Å². The molecule has 0 bridgehead atoms. The van der Waals surface area contributed by atoms with Crippen molar-refractivity contribution in [2.45, 2.75) is 6.92 Å². The average molecular weight is 383 g/mol. The molecule has 7 heteroatoms. The van der Waals surface area contributed by atoms with Gasteiger partial charge in [-0.15, -0.1) is 0 Å². The molecule has 4 rings (SSSR count). The van der Waals surface area contributed by atoms with Gasteiger partial charge in [-0.05, 0) is 26.1 Å². The largest absolute Gasteiger partial charge is 0.495 e. The van der Waals surface area contributed by atoms with Gasteiger partial charge in [0.1, 0.15) is 23.2 Å². The van der Waals surface area contributed by atoms with E-state index >= 15 is 0 Å². The van der Waals surface area contributed by atoms with Crippen molar-refractivity contribution in [2.24, 2.45) is 0 Å². The number of aromatic nitrogens is 2. The molecule has 0 atom stereocenters. The topological polar surface area (TPSA) is 48.0 Å². The number of nitrogens with zero attached hydrogens (tertiary/aromatic N) is 6. The highest BCUT2D eigenvalue weighted by atomic mass is 16.5. The van der Waals surface area contributed by atoms with Gasteiger partial charge < -0.3 is 24.3 Å². The van der Waals surface area contributed by atoms with Gasteiger partial charge in [0.25, 0.3) is 0 Å². The molecule has 2 saturated heterocycles. The molecule has 2 aliphatic heterocycles. The Morgan fingerprint density at radius 2 is 1.32 bits per heavy atom. The maximum atomic E-state index is 5.53. The molecule has 0 unspecified atom stereocenters. The number of benzene rings is 1. The number of ether oxygens (including phenoxy) is 1. The van der Waals surface area contributed by atoms with Crippen LogP contribution in [0.3, 0.4) is 0 Å². The lowest BCUT2D eigenvalue weighted by Crippen LogP contribution is -2.47. The fourth-order valence-electron chi connectivity index (χ4n) is 3.96. The molecule has 0 saturated carbocycles. The van der Waals surface area contributed by atoms with Gasteiger partial charge in [-0.25, -0.2) is 9.97 Å². The Labute approximate surface area is 167 Å². The Balaban J connectivity index is 1.46. The second-order valence-electron chi connectivity index (χ2n) is 7.57. The Morgan fingerprint density at radius 1 is 0.786 bits per heavy atom. The van der Waals surface area contributed by atoms with E-state index in [0.29, 0.717) is 0 Å². The zero-order valence-electron chi connectivity index (χ0n) is 17.1. The summed E-state index contributed by atoms with van der Waals surface area (Å²) in [7, 11) is 3.91. The third-order valence-electron chi connectivity index (χ3n) is 5.67. The van der Waals surface area contributed by atoms with Crippen LogP contribution >= 0.6 is 0 Å². The second kappa shape index (κ2) is 8.22. The molecule has 28 heavy (non-hydrogen) atoms. The van der Waals surface area contributed by atoms with Gasteiger partial charge in [0, 0.05) is 58.4 Å². The summed E-state index contributed by atoms with van der Waals surface area (Å²) in [5.41, 5.74) is 1.17. The molecule has 7 nitrogen and oxygen atoms in total. The van der Waals surface area contributed by atoms with E-state index in [4.69, 9.17) is 14.7 Å². The first kappa shape index (κ1) is 18.8. The number of rotatable bonds is 4. The standard InChI is InChI=1S/C21H30N6O/c1-17-22-20(26-10-8-24(2)9-11-26)16-21(23-17)27-14-12-25(13-15-27)18-6-4-5-7-19(18)28-3/h4-7,16H,8-15H2,1-3H3. The van der Waals surface area contributed by atoms with Crippen LogP contribution in [0.4, 0.5) is 17.3 Å².